The average Bonchev–Trinajstić information content (AvgIpc) is 2.24. The van der Waals surface area contributed by atoms with E-state index < -0.39 is 9.84 Å². The van der Waals surface area contributed by atoms with E-state index >= 15 is 0 Å². The second-order valence-electron chi connectivity index (χ2n) is 5.70. The molecular weight excluding hydrogens is 252 g/mol. The van der Waals surface area contributed by atoms with Crippen molar-refractivity contribution in [1.29, 1.82) is 0 Å². The highest BCUT2D eigenvalue weighted by Gasteiger charge is 2.41. The Hall–Kier alpha value is -0.620. The highest BCUT2D eigenvalue weighted by atomic mass is 32.2. The van der Waals surface area contributed by atoms with Crippen molar-refractivity contribution in [2.75, 3.05) is 18.6 Å². The third kappa shape index (κ3) is 3.68. The van der Waals surface area contributed by atoms with Crippen LogP contribution in [-0.4, -0.2) is 44.5 Å². The lowest BCUT2D eigenvalue weighted by Crippen LogP contribution is -2.59. The van der Waals surface area contributed by atoms with Gasteiger partial charge >= 0.3 is 0 Å². The molecule has 2 fully saturated rings. The first-order valence-electron chi connectivity index (χ1n) is 6.61. The minimum absolute atomic E-state index is 0.0606. The van der Waals surface area contributed by atoms with Crippen LogP contribution in [0.15, 0.2) is 0 Å². The Labute approximate surface area is 109 Å². The van der Waals surface area contributed by atoms with Gasteiger partial charge in [0.1, 0.15) is 9.84 Å². The number of rotatable bonds is 4. The zero-order valence-electron chi connectivity index (χ0n) is 10.9. The first-order chi connectivity index (χ1) is 8.39. The maximum atomic E-state index is 11.7. The van der Waals surface area contributed by atoms with Crippen LogP contribution in [0.4, 0.5) is 0 Å². The summed E-state index contributed by atoms with van der Waals surface area (Å²) in [5.41, 5.74) is 0.257. The first kappa shape index (κ1) is 13.8. The first-order valence-corrected chi connectivity index (χ1v) is 8.67. The molecule has 2 rings (SSSR count). The molecule has 1 atom stereocenters. The molecule has 18 heavy (non-hydrogen) atoms. The fourth-order valence-electron chi connectivity index (χ4n) is 2.84. The second kappa shape index (κ2) is 5.17. The van der Waals surface area contributed by atoms with Gasteiger partial charge in [0.25, 0.3) is 0 Å². The normalized spacial score (nSPS) is 26.6. The Morgan fingerprint density at radius 2 is 2.17 bits per heavy atom. The molecule has 0 aromatic rings. The Bertz CT molecular complexity index is 415. The van der Waals surface area contributed by atoms with E-state index in [0.717, 1.165) is 25.6 Å². The Morgan fingerprint density at radius 1 is 1.44 bits per heavy atom. The molecule has 1 aliphatic heterocycles. The Balaban J connectivity index is 1.77. The lowest BCUT2D eigenvalue weighted by molar-refractivity contribution is -0.121. The van der Waals surface area contributed by atoms with Crippen LogP contribution in [0.25, 0.3) is 0 Å². The van der Waals surface area contributed by atoms with E-state index in [1.807, 2.05) is 0 Å². The summed E-state index contributed by atoms with van der Waals surface area (Å²) in [4.78, 5) is 11.7. The summed E-state index contributed by atoms with van der Waals surface area (Å²) in [6.07, 6.45) is 6.82. The molecule has 1 saturated heterocycles. The number of carbonyl (C=O) groups is 1. The molecule has 0 aromatic heterocycles. The van der Waals surface area contributed by atoms with Gasteiger partial charge in [-0.3, -0.25) is 4.79 Å². The minimum Gasteiger partial charge on any atom is -0.353 e. The molecule has 2 aliphatic rings. The Morgan fingerprint density at radius 3 is 2.72 bits per heavy atom. The summed E-state index contributed by atoms with van der Waals surface area (Å²) in [5, 5.41) is 6.52. The SMILES string of the molecule is CS(=O)(=O)CCC(=O)NC1CCNC2(CCC2)C1. The Kier molecular flexibility index (Phi) is 3.96. The fourth-order valence-corrected chi connectivity index (χ4v) is 3.40. The molecule has 1 saturated carbocycles. The summed E-state index contributed by atoms with van der Waals surface area (Å²) in [6.45, 7) is 0.941. The number of sulfone groups is 1. The third-order valence-corrected chi connectivity index (χ3v) is 4.95. The highest BCUT2D eigenvalue weighted by molar-refractivity contribution is 7.90. The monoisotopic (exact) mass is 274 g/mol. The summed E-state index contributed by atoms with van der Waals surface area (Å²) in [6, 6.07) is 0.207. The molecule has 2 N–H and O–H groups in total. The van der Waals surface area contributed by atoms with Crippen molar-refractivity contribution in [3.05, 3.63) is 0 Å². The van der Waals surface area contributed by atoms with E-state index in [9.17, 15) is 13.2 Å². The molecule has 1 aliphatic carbocycles. The van der Waals surface area contributed by atoms with Crippen molar-refractivity contribution in [3.8, 4) is 0 Å². The van der Waals surface area contributed by atoms with Crippen molar-refractivity contribution in [3.63, 3.8) is 0 Å². The van der Waals surface area contributed by atoms with Gasteiger partial charge in [-0.25, -0.2) is 8.42 Å². The molecule has 1 heterocycles. The molecule has 0 bridgehead atoms. The predicted molar refractivity (Wildman–Crippen MR) is 70.1 cm³/mol. The number of hydrogen-bond acceptors (Lipinski definition) is 4. The predicted octanol–water partition coefficient (Wildman–Crippen LogP) is 0.212. The molecule has 5 nitrogen and oxygen atoms in total. The maximum Gasteiger partial charge on any atom is 0.221 e. The highest BCUT2D eigenvalue weighted by Crippen LogP contribution is 2.38. The largest absolute Gasteiger partial charge is 0.353 e. The zero-order chi connectivity index (χ0) is 13.2. The quantitative estimate of drug-likeness (QED) is 0.768. The molecule has 0 radical (unpaired) electrons. The van der Waals surface area contributed by atoms with Gasteiger partial charge in [0.15, 0.2) is 0 Å². The molecular formula is C12H22N2O3S. The van der Waals surface area contributed by atoms with Crippen molar-refractivity contribution < 1.29 is 13.2 Å². The van der Waals surface area contributed by atoms with Crippen molar-refractivity contribution in [1.82, 2.24) is 10.6 Å². The average molecular weight is 274 g/mol. The van der Waals surface area contributed by atoms with E-state index in [1.54, 1.807) is 0 Å². The molecule has 0 aromatic carbocycles. The van der Waals surface area contributed by atoms with E-state index in [0.29, 0.717) is 0 Å². The van der Waals surface area contributed by atoms with Gasteiger partial charge in [0.2, 0.25) is 5.91 Å². The summed E-state index contributed by atoms with van der Waals surface area (Å²) in [5.74, 6) is -0.198. The van der Waals surface area contributed by atoms with Gasteiger partial charge in [0, 0.05) is 24.3 Å². The van der Waals surface area contributed by atoms with E-state index in [4.69, 9.17) is 0 Å². The van der Waals surface area contributed by atoms with E-state index in [-0.39, 0.29) is 29.7 Å². The number of piperidine rings is 1. The summed E-state index contributed by atoms with van der Waals surface area (Å²) < 4.78 is 22.0. The third-order valence-electron chi connectivity index (χ3n) is 4.01. The summed E-state index contributed by atoms with van der Waals surface area (Å²) >= 11 is 0. The van der Waals surface area contributed by atoms with Gasteiger partial charge in [-0.15, -0.1) is 0 Å². The van der Waals surface area contributed by atoms with Gasteiger partial charge in [0.05, 0.1) is 5.75 Å². The van der Waals surface area contributed by atoms with Crippen LogP contribution in [0, 0.1) is 0 Å². The minimum atomic E-state index is -3.05. The molecule has 1 amide bonds. The number of amides is 1. The maximum absolute atomic E-state index is 11.7. The number of carbonyl (C=O) groups excluding carboxylic acids is 1. The number of nitrogens with one attached hydrogen (secondary N) is 2. The summed E-state index contributed by atoms with van der Waals surface area (Å²) in [7, 11) is -3.05. The van der Waals surface area contributed by atoms with Crippen molar-refractivity contribution >= 4 is 15.7 Å². The van der Waals surface area contributed by atoms with Crippen LogP contribution in [-0.2, 0) is 14.6 Å². The smallest absolute Gasteiger partial charge is 0.221 e. The number of hydrogen-bond donors (Lipinski definition) is 2. The molecule has 1 spiro atoms. The molecule has 104 valence electrons. The van der Waals surface area contributed by atoms with Gasteiger partial charge < -0.3 is 10.6 Å². The van der Waals surface area contributed by atoms with Crippen molar-refractivity contribution in [2.24, 2.45) is 0 Å². The van der Waals surface area contributed by atoms with Crippen LogP contribution in [0.2, 0.25) is 0 Å². The molecule has 1 unspecified atom stereocenters. The van der Waals surface area contributed by atoms with Crippen LogP contribution in [0.5, 0.6) is 0 Å². The van der Waals surface area contributed by atoms with Crippen LogP contribution >= 0.6 is 0 Å². The topological polar surface area (TPSA) is 75.3 Å². The fraction of sp³-hybridized carbons (Fsp3) is 0.917. The van der Waals surface area contributed by atoms with Gasteiger partial charge in [-0.1, -0.05) is 0 Å². The second-order valence-corrected chi connectivity index (χ2v) is 7.96. The van der Waals surface area contributed by atoms with E-state index in [2.05, 4.69) is 10.6 Å². The van der Waals surface area contributed by atoms with Crippen LogP contribution < -0.4 is 10.6 Å². The van der Waals surface area contributed by atoms with Crippen molar-refractivity contribution in [2.45, 2.75) is 50.1 Å². The lowest BCUT2D eigenvalue weighted by Gasteiger charge is -2.48. The lowest BCUT2D eigenvalue weighted by atomic mass is 9.70. The van der Waals surface area contributed by atoms with Gasteiger partial charge in [-0.2, -0.15) is 0 Å². The van der Waals surface area contributed by atoms with Crippen LogP contribution in [0.1, 0.15) is 38.5 Å². The van der Waals surface area contributed by atoms with Crippen LogP contribution in [0.3, 0.4) is 0 Å². The van der Waals surface area contributed by atoms with Gasteiger partial charge in [-0.05, 0) is 38.6 Å². The molecule has 6 heteroatoms. The zero-order valence-corrected chi connectivity index (χ0v) is 11.7. The standard InChI is InChI=1S/C12H22N2O3S/c1-18(16,17)8-4-11(15)14-10-3-7-13-12(9-10)5-2-6-12/h10,13H,2-9H2,1H3,(H,14,15). The van der Waals surface area contributed by atoms with E-state index in [1.165, 1.54) is 19.3 Å².